The summed E-state index contributed by atoms with van der Waals surface area (Å²) in [7, 11) is 0. The van der Waals surface area contributed by atoms with Gasteiger partial charge in [-0.15, -0.1) is 0 Å². The second kappa shape index (κ2) is 7.42. The Morgan fingerprint density at radius 3 is 2.61 bits per heavy atom. The van der Waals surface area contributed by atoms with E-state index in [0.717, 1.165) is 31.5 Å². The predicted molar refractivity (Wildman–Crippen MR) is 87.5 cm³/mol. The number of aliphatic hydroxyl groups excluding tert-OH is 1. The maximum absolute atomic E-state index is 12.3. The van der Waals surface area contributed by atoms with E-state index >= 15 is 0 Å². The summed E-state index contributed by atoms with van der Waals surface area (Å²) in [6.07, 6.45) is 5.34. The minimum atomic E-state index is -0.433. The van der Waals surface area contributed by atoms with Crippen molar-refractivity contribution in [3.05, 3.63) is 54.4 Å². The number of aromatic nitrogens is 2. The Labute approximate surface area is 136 Å². The lowest BCUT2D eigenvalue weighted by atomic mass is 9.87. The predicted octanol–water partition coefficient (Wildman–Crippen LogP) is 2.25. The van der Waals surface area contributed by atoms with Crippen LogP contribution >= 0.6 is 0 Å². The lowest BCUT2D eigenvalue weighted by Crippen LogP contribution is -2.40. The van der Waals surface area contributed by atoms with Crippen molar-refractivity contribution >= 4 is 5.91 Å². The smallest absolute Gasteiger partial charge is 0.224 e. The summed E-state index contributed by atoms with van der Waals surface area (Å²) < 4.78 is 1.78. The molecule has 0 saturated carbocycles. The number of piperidine rings is 1. The van der Waals surface area contributed by atoms with E-state index in [1.165, 1.54) is 0 Å². The first kappa shape index (κ1) is 15.7. The molecule has 1 atom stereocenters. The number of likely N-dealkylation sites (tertiary alicyclic amines) is 1. The number of carbonyl (C=O) groups is 1. The molecule has 2 aromatic rings. The summed E-state index contributed by atoms with van der Waals surface area (Å²) in [6, 6.07) is 11.6. The van der Waals surface area contributed by atoms with Crippen LogP contribution in [0.1, 0.15) is 30.9 Å². The lowest BCUT2D eigenvalue weighted by molar-refractivity contribution is -0.133. The Morgan fingerprint density at radius 2 is 1.96 bits per heavy atom. The van der Waals surface area contributed by atoms with Gasteiger partial charge in [0.2, 0.25) is 5.91 Å². The molecule has 23 heavy (non-hydrogen) atoms. The third kappa shape index (κ3) is 3.99. The van der Waals surface area contributed by atoms with Crippen molar-refractivity contribution in [3.63, 3.8) is 0 Å². The normalized spacial score (nSPS) is 17.2. The first-order chi connectivity index (χ1) is 11.2. The van der Waals surface area contributed by atoms with Crippen LogP contribution in [0.5, 0.6) is 0 Å². The molecule has 1 N–H and O–H groups in total. The fraction of sp³-hybridized carbons (Fsp3) is 0.444. The highest BCUT2D eigenvalue weighted by Crippen LogP contribution is 2.30. The molecular weight excluding hydrogens is 290 g/mol. The molecule has 0 aliphatic carbocycles. The highest BCUT2D eigenvalue weighted by atomic mass is 16.3. The van der Waals surface area contributed by atoms with E-state index in [4.69, 9.17) is 0 Å². The molecule has 0 radical (unpaired) electrons. The first-order valence-electron chi connectivity index (χ1n) is 8.22. The average molecular weight is 313 g/mol. The van der Waals surface area contributed by atoms with Crippen molar-refractivity contribution in [2.24, 2.45) is 5.92 Å². The fourth-order valence-electron chi connectivity index (χ4n) is 3.19. The Balaban J connectivity index is 1.47. The highest BCUT2D eigenvalue weighted by Gasteiger charge is 2.27. The van der Waals surface area contributed by atoms with Gasteiger partial charge in [0.1, 0.15) is 0 Å². The van der Waals surface area contributed by atoms with Crippen LogP contribution in [0.3, 0.4) is 0 Å². The van der Waals surface area contributed by atoms with Crippen molar-refractivity contribution < 1.29 is 9.90 Å². The lowest BCUT2D eigenvalue weighted by Gasteiger charge is -2.34. The van der Waals surface area contributed by atoms with Gasteiger partial charge in [-0.1, -0.05) is 30.3 Å². The van der Waals surface area contributed by atoms with Crippen LogP contribution in [0.2, 0.25) is 0 Å². The number of rotatable bonds is 5. The summed E-state index contributed by atoms with van der Waals surface area (Å²) in [5.41, 5.74) is 0.968. The van der Waals surface area contributed by atoms with Crippen LogP contribution in [0.15, 0.2) is 48.8 Å². The van der Waals surface area contributed by atoms with Gasteiger partial charge in [-0.3, -0.25) is 9.48 Å². The van der Waals surface area contributed by atoms with Crippen LogP contribution < -0.4 is 0 Å². The van der Waals surface area contributed by atoms with E-state index < -0.39 is 6.10 Å². The van der Waals surface area contributed by atoms with E-state index in [2.05, 4.69) is 5.10 Å². The second-order valence-corrected chi connectivity index (χ2v) is 6.09. The minimum Gasteiger partial charge on any atom is -0.388 e. The molecule has 1 unspecified atom stereocenters. The third-order valence-corrected chi connectivity index (χ3v) is 4.59. The maximum atomic E-state index is 12.3. The number of carbonyl (C=O) groups excluding carboxylic acids is 1. The molecule has 1 saturated heterocycles. The number of nitrogens with zero attached hydrogens (tertiary/aromatic N) is 3. The van der Waals surface area contributed by atoms with E-state index in [-0.39, 0.29) is 11.8 Å². The number of benzene rings is 1. The monoisotopic (exact) mass is 313 g/mol. The van der Waals surface area contributed by atoms with Crippen LogP contribution in [-0.4, -0.2) is 38.8 Å². The van der Waals surface area contributed by atoms with Crippen molar-refractivity contribution in [1.29, 1.82) is 0 Å². The number of aryl methyl sites for hydroxylation is 1. The quantitative estimate of drug-likeness (QED) is 0.921. The van der Waals surface area contributed by atoms with Gasteiger partial charge in [0.15, 0.2) is 0 Å². The maximum Gasteiger partial charge on any atom is 0.224 e. The van der Waals surface area contributed by atoms with Crippen molar-refractivity contribution in [2.45, 2.75) is 31.9 Å². The van der Waals surface area contributed by atoms with Gasteiger partial charge in [-0.05, 0) is 30.4 Å². The average Bonchev–Trinajstić information content (AvgIpc) is 3.13. The minimum absolute atomic E-state index is 0.174. The van der Waals surface area contributed by atoms with Crippen LogP contribution in [0.4, 0.5) is 0 Å². The number of hydrogen-bond acceptors (Lipinski definition) is 3. The van der Waals surface area contributed by atoms with Crippen LogP contribution in [0, 0.1) is 5.92 Å². The zero-order valence-electron chi connectivity index (χ0n) is 13.2. The van der Waals surface area contributed by atoms with Gasteiger partial charge < -0.3 is 10.0 Å². The molecule has 1 amide bonds. The molecule has 1 fully saturated rings. The molecule has 0 bridgehead atoms. The molecular formula is C18H23N3O2. The zero-order chi connectivity index (χ0) is 16.1. The van der Waals surface area contributed by atoms with Crippen LogP contribution in [-0.2, 0) is 11.3 Å². The SMILES string of the molecule is O=C(CCn1cccn1)N1CCC(C(O)c2ccccc2)CC1. The van der Waals surface area contributed by atoms with Gasteiger partial charge in [-0.25, -0.2) is 0 Å². The second-order valence-electron chi connectivity index (χ2n) is 6.09. The Hall–Kier alpha value is -2.14. The largest absolute Gasteiger partial charge is 0.388 e. The zero-order valence-corrected chi connectivity index (χ0v) is 13.2. The van der Waals surface area contributed by atoms with Gasteiger partial charge in [0.05, 0.1) is 6.10 Å². The van der Waals surface area contributed by atoms with Crippen molar-refractivity contribution in [2.75, 3.05) is 13.1 Å². The van der Waals surface area contributed by atoms with E-state index in [9.17, 15) is 9.90 Å². The summed E-state index contributed by atoms with van der Waals surface area (Å²) in [5, 5.41) is 14.6. The van der Waals surface area contributed by atoms with Gasteiger partial charge in [0.25, 0.3) is 0 Å². The van der Waals surface area contributed by atoms with E-state index in [1.54, 1.807) is 10.9 Å². The van der Waals surface area contributed by atoms with Gasteiger partial charge in [-0.2, -0.15) is 5.10 Å². The molecule has 5 nitrogen and oxygen atoms in total. The standard InChI is InChI=1S/C18H23N3O2/c22-17(9-14-21-11-4-10-19-21)20-12-7-16(8-13-20)18(23)15-5-2-1-3-6-15/h1-6,10-11,16,18,23H,7-9,12-14H2. The van der Waals surface area contributed by atoms with Crippen molar-refractivity contribution in [3.8, 4) is 0 Å². The van der Waals surface area contributed by atoms with E-state index in [0.29, 0.717) is 13.0 Å². The molecule has 1 aliphatic rings. The topological polar surface area (TPSA) is 58.4 Å². The first-order valence-corrected chi connectivity index (χ1v) is 8.22. The Bertz CT molecular complexity index is 604. The molecule has 1 aliphatic heterocycles. The molecule has 122 valence electrons. The molecule has 5 heteroatoms. The van der Waals surface area contributed by atoms with Gasteiger partial charge >= 0.3 is 0 Å². The molecule has 1 aromatic carbocycles. The summed E-state index contributed by atoms with van der Waals surface area (Å²) in [6.45, 7) is 2.08. The summed E-state index contributed by atoms with van der Waals surface area (Å²) in [5.74, 6) is 0.403. The van der Waals surface area contributed by atoms with Crippen molar-refractivity contribution in [1.82, 2.24) is 14.7 Å². The summed E-state index contributed by atoms with van der Waals surface area (Å²) in [4.78, 5) is 14.2. The number of hydrogen-bond donors (Lipinski definition) is 1. The summed E-state index contributed by atoms with van der Waals surface area (Å²) >= 11 is 0. The number of aliphatic hydroxyl groups is 1. The van der Waals surface area contributed by atoms with E-state index in [1.807, 2.05) is 47.5 Å². The molecule has 3 rings (SSSR count). The Morgan fingerprint density at radius 1 is 1.22 bits per heavy atom. The Kier molecular flexibility index (Phi) is 5.08. The highest BCUT2D eigenvalue weighted by molar-refractivity contribution is 5.76. The third-order valence-electron chi connectivity index (χ3n) is 4.59. The van der Waals surface area contributed by atoms with Crippen LogP contribution in [0.25, 0.3) is 0 Å². The molecule has 1 aromatic heterocycles. The van der Waals surface area contributed by atoms with Gasteiger partial charge in [0, 0.05) is 38.4 Å². The molecule has 2 heterocycles. The molecule has 0 spiro atoms. The fourth-order valence-corrected chi connectivity index (χ4v) is 3.19. The number of amides is 1.